The number of aromatic nitrogens is 2. The number of fused-ring (bicyclic) bond motifs is 1. The van der Waals surface area contributed by atoms with Crippen molar-refractivity contribution < 1.29 is 0 Å². The molecule has 2 aromatic rings. The van der Waals surface area contributed by atoms with E-state index in [0.29, 0.717) is 11.3 Å². The van der Waals surface area contributed by atoms with Gasteiger partial charge in [-0.25, -0.2) is 4.79 Å². The van der Waals surface area contributed by atoms with Crippen molar-refractivity contribution in [2.45, 2.75) is 31.1 Å². The molecule has 19 heavy (non-hydrogen) atoms. The summed E-state index contributed by atoms with van der Waals surface area (Å²) in [5.41, 5.74) is 2.54. The van der Waals surface area contributed by atoms with Gasteiger partial charge in [0, 0.05) is 15.8 Å². The number of benzene rings is 1. The lowest BCUT2D eigenvalue weighted by Crippen LogP contribution is -2.32. The molecule has 2 unspecified atom stereocenters. The van der Waals surface area contributed by atoms with E-state index in [1.165, 1.54) is 18.6 Å². The van der Waals surface area contributed by atoms with Crippen molar-refractivity contribution in [1.29, 1.82) is 0 Å². The molecule has 0 saturated carbocycles. The van der Waals surface area contributed by atoms with Gasteiger partial charge in [0.15, 0.2) is 0 Å². The first-order valence-electron chi connectivity index (χ1n) is 6.43. The van der Waals surface area contributed by atoms with Crippen LogP contribution in [0.2, 0.25) is 0 Å². The Morgan fingerprint density at radius 3 is 2.84 bits per heavy atom. The Morgan fingerprint density at radius 2 is 2.11 bits per heavy atom. The van der Waals surface area contributed by atoms with E-state index in [9.17, 15) is 4.79 Å². The second kappa shape index (κ2) is 5.25. The Hall–Kier alpha value is -0.880. The molecule has 102 valence electrons. The average molecular weight is 342 g/mol. The molecule has 1 saturated heterocycles. The summed E-state index contributed by atoms with van der Waals surface area (Å²) < 4.78 is 0.984. The third-order valence-corrected chi connectivity index (χ3v) is 5.59. The van der Waals surface area contributed by atoms with E-state index in [2.05, 4.69) is 38.1 Å². The zero-order valence-electron chi connectivity index (χ0n) is 10.6. The minimum Gasteiger partial charge on any atom is -0.380 e. The summed E-state index contributed by atoms with van der Waals surface area (Å²) >= 11 is 5.59. The first kappa shape index (κ1) is 13.1. The smallest absolute Gasteiger partial charge is 0.323 e. The largest absolute Gasteiger partial charge is 0.380 e. The van der Waals surface area contributed by atoms with Crippen molar-refractivity contribution in [2.75, 3.05) is 11.1 Å². The summed E-state index contributed by atoms with van der Waals surface area (Å²) in [5, 5.41) is 4.21. The van der Waals surface area contributed by atoms with Gasteiger partial charge in [-0.1, -0.05) is 6.92 Å². The maximum atomic E-state index is 11.3. The Morgan fingerprint density at radius 1 is 1.37 bits per heavy atom. The number of H-pyrrole nitrogens is 2. The molecular weight excluding hydrogens is 326 g/mol. The maximum Gasteiger partial charge on any atom is 0.323 e. The number of anilines is 1. The second-order valence-electron chi connectivity index (χ2n) is 4.93. The number of imidazole rings is 1. The minimum atomic E-state index is -0.166. The number of hydrogen-bond acceptors (Lipinski definition) is 3. The van der Waals surface area contributed by atoms with Crippen LogP contribution in [0.15, 0.2) is 21.4 Å². The molecule has 3 rings (SSSR count). The van der Waals surface area contributed by atoms with Crippen LogP contribution in [0.1, 0.15) is 19.8 Å². The summed E-state index contributed by atoms with van der Waals surface area (Å²) in [6, 6.07) is 4.41. The van der Waals surface area contributed by atoms with Crippen LogP contribution < -0.4 is 11.0 Å². The van der Waals surface area contributed by atoms with Crippen LogP contribution in [0.3, 0.4) is 0 Å². The molecule has 0 bridgehead atoms. The monoisotopic (exact) mass is 341 g/mol. The molecule has 0 spiro atoms. The van der Waals surface area contributed by atoms with Crippen LogP contribution in [-0.4, -0.2) is 27.0 Å². The fraction of sp³-hybridized carbons (Fsp3) is 0.462. The normalized spacial score (nSPS) is 23.7. The number of halogens is 1. The fourth-order valence-electron chi connectivity index (χ4n) is 2.48. The summed E-state index contributed by atoms with van der Waals surface area (Å²) in [7, 11) is 0. The first-order valence-corrected chi connectivity index (χ1v) is 8.27. The standard InChI is InChI=1S/C13H16BrN3OS/c1-7-9(3-2-4-19-7)15-10-6-12-11(5-8(10)14)16-13(18)17-12/h5-7,9,15H,2-4H2,1H3,(H2,16,17,18). The van der Waals surface area contributed by atoms with Crippen LogP contribution >= 0.6 is 27.7 Å². The molecule has 1 aliphatic heterocycles. The zero-order valence-corrected chi connectivity index (χ0v) is 13.0. The van der Waals surface area contributed by atoms with Crippen LogP contribution in [0, 0.1) is 0 Å². The Kier molecular flexibility index (Phi) is 3.62. The molecule has 3 N–H and O–H groups in total. The highest BCUT2D eigenvalue weighted by atomic mass is 79.9. The number of rotatable bonds is 2. The van der Waals surface area contributed by atoms with E-state index in [4.69, 9.17) is 0 Å². The van der Waals surface area contributed by atoms with Gasteiger partial charge >= 0.3 is 5.69 Å². The summed E-state index contributed by atoms with van der Waals surface area (Å²) in [6.45, 7) is 2.27. The molecule has 2 heterocycles. The van der Waals surface area contributed by atoms with Crippen LogP contribution in [0.25, 0.3) is 11.0 Å². The molecular formula is C13H16BrN3OS. The zero-order chi connectivity index (χ0) is 13.4. The SMILES string of the molecule is CC1SCCCC1Nc1cc2[nH]c(=O)[nH]c2cc1Br. The van der Waals surface area contributed by atoms with Gasteiger partial charge in [0.1, 0.15) is 0 Å². The topological polar surface area (TPSA) is 60.7 Å². The second-order valence-corrected chi connectivity index (χ2v) is 7.27. The fourth-order valence-corrected chi connectivity index (χ4v) is 4.08. The van der Waals surface area contributed by atoms with Gasteiger partial charge in [-0.3, -0.25) is 0 Å². The van der Waals surface area contributed by atoms with E-state index in [1.807, 2.05) is 23.9 Å². The van der Waals surface area contributed by atoms with Crippen LogP contribution in [0.5, 0.6) is 0 Å². The van der Waals surface area contributed by atoms with Crippen LogP contribution in [0.4, 0.5) is 5.69 Å². The molecule has 6 heteroatoms. The van der Waals surface area contributed by atoms with Gasteiger partial charge in [-0.15, -0.1) is 0 Å². The van der Waals surface area contributed by atoms with E-state index >= 15 is 0 Å². The van der Waals surface area contributed by atoms with Gasteiger partial charge in [-0.2, -0.15) is 11.8 Å². The molecule has 0 amide bonds. The van der Waals surface area contributed by atoms with Gasteiger partial charge in [0.2, 0.25) is 0 Å². The Balaban J connectivity index is 1.91. The molecule has 2 atom stereocenters. The van der Waals surface area contributed by atoms with Crippen molar-refractivity contribution in [3.8, 4) is 0 Å². The van der Waals surface area contributed by atoms with Crippen molar-refractivity contribution in [3.05, 3.63) is 27.1 Å². The first-order chi connectivity index (χ1) is 9.13. The molecule has 0 radical (unpaired) electrons. The van der Waals surface area contributed by atoms with Gasteiger partial charge in [-0.05, 0) is 46.7 Å². The van der Waals surface area contributed by atoms with E-state index in [1.54, 1.807) is 0 Å². The number of aromatic amines is 2. The Bertz CT molecular complexity index is 651. The molecule has 1 aromatic carbocycles. The maximum absolute atomic E-state index is 11.3. The molecule has 1 aromatic heterocycles. The molecule has 1 fully saturated rings. The van der Waals surface area contributed by atoms with Crippen molar-refractivity contribution >= 4 is 44.4 Å². The van der Waals surface area contributed by atoms with Gasteiger partial charge in [0.25, 0.3) is 0 Å². The Labute approximate surface area is 123 Å². The molecule has 1 aliphatic rings. The highest BCUT2D eigenvalue weighted by Crippen LogP contribution is 2.32. The molecule has 0 aliphatic carbocycles. The molecule has 4 nitrogen and oxygen atoms in total. The van der Waals surface area contributed by atoms with Crippen LogP contribution in [-0.2, 0) is 0 Å². The third-order valence-electron chi connectivity index (χ3n) is 3.55. The van der Waals surface area contributed by atoms with E-state index in [0.717, 1.165) is 21.2 Å². The minimum absolute atomic E-state index is 0.166. The number of nitrogens with one attached hydrogen (secondary N) is 3. The quantitative estimate of drug-likeness (QED) is 0.785. The lowest BCUT2D eigenvalue weighted by Gasteiger charge is -2.30. The summed E-state index contributed by atoms with van der Waals surface area (Å²) in [5.74, 6) is 1.25. The van der Waals surface area contributed by atoms with E-state index in [-0.39, 0.29) is 5.69 Å². The number of thioether (sulfide) groups is 1. The average Bonchev–Trinajstić information content (AvgIpc) is 2.71. The highest BCUT2D eigenvalue weighted by Gasteiger charge is 2.22. The summed E-state index contributed by atoms with van der Waals surface area (Å²) in [6.07, 6.45) is 2.45. The highest BCUT2D eigenvalue weighted by molar-refractivity contribution is 9.10. The predicted octanol–water partition coefficient (Wildman–Crippen LogP) is 3.31. The van der Waals surface area contributed by atoms with Gasteiger partial charge in [0.05, 0.1) is 16.7 Å². The third kappa shape index (κ3) is 2.69. The van der Waals surface area contributed by atoms with Gasteiger partial charge < -0.3 is 15.3 Å². The lowest BCUT2D eigenvalue weighted by molar-refractivity contribution is 0.617. The van der Waals surface area contributed by atoms with E-state index < -0.39 is 0 Å². The van der Waals surface area contributed by atoms with Crippen molar-refractivity contribution in [1.82, 2.24) is 9.97 Å². The van der Waals surface area contributed by atoms with Crippen molar-refractivity contribution in [2.24, 2.45) is 0 Å². The van der Waals surface area contributed by atoms with Crippen molar-refractivity contribution in [3.63, 3.8) is 0 Å². The summed E-state index contributed by atoms with van der Waals surface area (Å²) in [4.78, 5) is 16.9. The lowest BCUT2D eigenvalue weighted by atomic mass is 10.1. The number of hydrogen-bond donors (Lipinski definition) is 3. The predicted molar refractivity (Wildman–Crippen MR) is 85.2 cm³/mol.